The molecular weight excluding hydrogens is 184 g/mol. The number of hydrogen-bond donors (Lipinski definition) is 2. The van der Waals surface area contributed by atoms with E-state index in [1.165, 1.54) is 0 Å². The minimum Gasteiger partial charge on any atom is -0.481 e. The van der Waals surface area contributed by atoms with E-state index in [4.69, 9.17) is 10.8 Å². The zero-order valence-electron chi connectivity index (χ0n) is 8.43. The standard InChI is InChI=1S/C9H16N2O3/c1-5(10)8(12)11-4-3-7(6(11)2)9(13)14/h5-7H,3-4,10H2,1-2H3,(H,13,14)/t5-,6?,7?/m0/s1. The van der Waals surface area contributed by atoms with E-state index >= 15 is 0 Å². The summed E-state index contributed by atoms with van der Waals surface area (Å²) in [6.07, 6.45) is 0.523. The largest absolute Gasteiger partial charge is 0.481 e. The van der Waals surface area contributed by atoms with Gasteiger partial charge in [-0.25, -0.2) is 0 Å². The van der Waals surface area contributed by atoms with E-state index in [9.17, 15) is 9.59 Å². The fourth-order valence-electron chi connectivity index (χ4n) is 1.84. The number of carboxylic acid groups (broad SMARTS) is 1. The number of carboxylic acids is 1. The molecule has 0 aromatic rings. The number of carbonyl (C=O) groups excluding carboxylic acids is 1. The van der Waals surface area contributed by atoms with Gasteiger partial charge in [0.25, 0.3) is 0 Å². The van der Waals surface area contributed by atoms with Gasteiger partial charge in [0.15, 0.2) is 0 Å². The molecule has 1 rings (SSSR count). The molecule has 1 saturated heterocycles. The number of aliphatic carboxylic acids is 1. The smallest absolute Gasteiger partial charge is 0.308 e. The molecule has 2 unspecified atom stereocenters. The van der Waals surface area contributed by atoms with Crippen LogP contribution < -0.4 is 5.73 Å². The molecule has 0 saturated carbocycles. The highest BCUT2D eigenvalue weighted by Gasteiger charge is 2.38. The monoisotopic (exact) mass is 200 g/mol. The second kappa shape index (κ2) is 3.96. The summed E-state index contributed by atoms with van der Waals surface area (Å²) in [5, 5.41) is 8.85. The summed E-state index contributed by atoms with van der Waals surface area (Å²) in [7, 11) is 0. The molecule has 0 aromatic carbocycles. The topological polar surface area (TPSA) is 83.6 Å². The first kappa shape index (κ1) is 11.0. The number of rotatable bonds is 2. The molecule has 1 amide bonds. The van der Waals surface area contributed by atoms with Crippen LogP contribution in [0.1, 0.15) is 20.3 Å². The summed E-state index contributed by atoms with van der Waals surface area (Å²) in [5.74, 6) is -1.45. The third kappa shape index (κ3) is 1.87. The lowest BCUT2D eigenvalue weighted by Gasteiger charge is -2.24. The number of carbonyl (C=O) groups is 2. The molecule has 5 heteroatoms. The van der Waals surface area contributed by atoms with E-state index < -0.39 is 17.9 Å². The molecule has 1 aliphatic rings. The zero-order valence-corrected chi connectivity index (χ0v) is 8.43. The molecule has 1 heterocycles. The first-order chi connectivity index (χ1) is 6.45. The van der Waals surface area contributed by atoms with Crippen molar-refractivity contribution in [1.29, 1.82) is 0 Å². The van der Waals surface area contributed by atoms with Gasteiger partial charge in [-0.15, -0.1) is 0 Å². The van der Waals surface area contributed by atoms with Crippen molar-refractivity contribution in [2.75, 3.05) is 6.54 Å². The van der Waals surface area contributed by atoms with Crippen LogP contribution in [0, 0.1) is 5.92 Å². The van der Waals surface area contributed by atoms with Gasteiger partial charge >= 0.3 is 5.97 Å². The van der Waals surface area contributed by atoms with E-state index in [0.717, 1.165) is 0 Å². The Balaban J connectivity index is 2.68. The minimum atomic E-state index is -0.836. The van der Waals surface area contributed by atoms with E-state index in [2.05, 4.69) is 0 Å². The maximum atomic E-state index is 11.5. The van der Waals surface area contributed by atoms with Crippen LogP contribution in [0.4, 0.5) is 0 Å². The lowest BCUT2D eigenvalue weighted by Crippen LogP contribution is -2.45. The van der Waals surface area contributed by atoms with Gasteiger partial charge in [-0.1, -0.05) is 0 Å². The number of likely N-dealkylation sites (tertiary alicyclic amines) is 1. The Bertz CT molecular complexity index is 252. The average Bonchev–Trinajstić information content (AvgIpc) is 2.45. The second-order valence-corrected chi connectivity index (χ2v) is 3.79. The number of nitrogens with two attached hydrogens (primary N) is 1. The predicted molar refractivity (Wildman–Crippen MR) is 50.6 cm³/mol. The molecule has 0 aliphatic carbocycles. The average molecular weight is 200 g/mol. The Labute approximate surface area is 82.9 Å². The predicted octanol–water partition coefficient (Wildman–Crippen LogP) is -0.345. The molecule has 1 aliphatic heterocycles. The van der Waals surface area contributed by atoms with Crippen LogP contribution in [0.2, 0.25) is 0 Å². The van der Waals surface area contributed by atoms with Gasteiger partial charge < -0.3 is 15.7 Å². The lowest BCUT2D eigenvalue weighted by molar-refractivity contribution is -0.143. The van der Waals surface area contributed by atoms with Crippen molar-refractivity contribution >= 4 is 11.9 Å². The molecule has 3 N–H and O–H groups in total. The quantitative estimate of drug-likeness (QED) is 0.638. The Morgan fingerprint density at radius 2 is 2.14 bits per heavy atom. The fourth-order valence-corrected chi connectivity index (χ4v) is 1.84. The van der Waals surface area contributed by atoms with Crippen LogP contribution in [0.25, 0.3) is 0 Å². The van der Waals surface area contributed by atoms with Crippen molar-refractivity contribution in [1.82, 2.24) is 4.90 Å². The highest BCUT2D eigenvalue weighted by Crippen LogP contribution is 2.24. The van der Waals surface area contributed by atoms with Gasteiger partial charge in [-0.3, -0.25) is 9.59 Å². The first-order valence-corrected chi connectivity index (χ1v) is 4.74. The molecule has 80 valence electrons. The van der Waals surface area contributed by atoms with Crippen LogP contribution in [0.3, 0.4) is 0 Å². The van der Waals surface area contributed by atoms with Gasteiger partial charge in [0.05, 0.1) is 12.0 Å². The number of hydrogen-bond acceptors (Lipinski definition) is 3. The molecule has 0 bridgehead atoms. The van der Waals surface area contributed by atoms with Crippen molar-refractivity contribution in [3.05, 3.63) is 0 Å². The molecule has 0 aromatic heterocycles. The van der Waals surface area contributed by atoms with E-state index in [-0.39, 0.29) is 11.9 Å². The number of amides is 1. The summed E-state index contributed by atoms with van der Waals surface area (Å²) in [6, 6.07) is -0.795. The molecule has 0 spiro atoms. The molecule has 0 radical (unpaired) electrons. The highest BCUT2D eigenvalue weighted by molar-refractivity contribution is 5.83. The van der Waals surface area contributed by atoms with Crippen molar-refractivity contribution in [3.63, 3.8) is 0 Å². The summed E-state index contributed by atoms with van der Waals surface area (Å²) in [4.78, 5) is 23.9. The maximum absolute atomic E-state index is 11.5. The van der Waals surface area contributed by atoms with E-state index in [1.54, 1.807) is 18.7 Å². The number of nitrogens with zero attached hydrogens (tertiary/aromatic N) is 1. The van der Waals surface area contributed by atoms with Crippen molar-refractivity contribution in [2.24, 2.45) is 11.7 Å². The Hall–Kier alpha value is -1.10. The van der Waals surface area contributed by atoms with Crippen LogP contribution >= 0.6 is 0 Å². The van der Waals surface area contributed by atoms with Crippen LogP contribution in [0.15, 0.2) is 0 Å². The first-order valence-electron chi connectivity index (χ1n) is 4.74. The van der Waals surface area contributed by atoms with Gasteiger partial charge in [0.1, 0.15) is 0 Å². The minimum absolute atomic E-state index is 0.166. The second-order valence-electron chi connectivity index (χ2n) is 3.79. The third-order valence-electron chi connectivity index (χ3n) is 2.74. The normalized spacial score (nSPS) is 28.9. The van der Waals surface area contributed by atoms with Crippen molar-refractivity contribution < 1.29 is 14.7 Å². The molecule has 14 heavy (non-hydrogen) atoms. The van der Waals surface area contributed by atoms with Crippen LogP contribution in [-0.2, 0) is 9.59 Å². The van der Waals surface area contributed by atoms with Gasteiger partial charge in [-0.2, -0.15) is 0 Å². The lowest BCUT2D eigenvalue weighted by atomic mass is 10.0. The Kier molecular flexibility index (Phi) is 3.10. The zero-order chi connectivity index (χ0) is 10.9. The Morgan fingerprint density at radius 1 is 1.57 bits per heavy atom. The van der Waals surface area contributed by atoms with Gasteiger partial charge in [-0.05, 0) is 20.3 Å². The highest BCUT2D eigenvalue weighted by atomic mass is 16.4. The van der Waals surface area contributed by atoms with Crippen LogP contribution in [-0.4, -0.2) is 40.5 Å². The van der Waals surface area contributed by atoms with Crippen molar-refractivity contribution in [3.8, 4) is 0 Å². The summed E-state index contributed by atoms with van der Waals surface area (Å²) in [5.41, 5.74) is 5.46. The van der Waals surface area contributed by atoms with Gasteiger partial charge in [0.2, 0.25) is 5.91 Å². The summed E-state index contributed by atoms with van der Waals surface area (Å²) < 4.78 is 0. The molecular formula is C9H16N2O3. The maximum Gasteiger partial charge on any atom is 0.308 e. The third-order valence-corrected chi connectivity index (χ3v) is 2.74. The fraction of sp³-hybridized carbons (Fsp3) is 0.778. The van der Waals surface area contributed by atoms with Gasteiger partial charge in [0, 0.05) is 12.6 Å². The summed E-state index contributed by atoms with van der Waals surface area (Å²) in [6.45, 7) is 3.87. The van der Waals surface area contributed by atoms with E-state index in [0.29, 0.717) is 13.0 Å². The van der Waals surface area contributed by atoms with Crippen LogP contribution in [0.5, 0.6) is 0 Å². The van der Waals surface area contributed by atoms with E-state index in [1.807, 2.05) is 0 Å². The molecule has 1 fully saturated rings. The molecule has 5 nitrogen and oxygen atoms in total. The Morgan fingerprint density at radius 3 is 2.50 bits per heavy atom. The summed E-state index contributed by atoms with van der Waals surface area (Å²) >= 11 is 0. The SMILES string of the molecule is CC1C(C(=O)O)CCN1C(=O)[C@H](C)N. The molecule has 3 atom stereocenters. The van der Waals surface area contributed by atoms with Crippen molar-refractivity contribution in [2.45, 2.75) is 32.4 Å².